The lowest BCUT2D eigenvalue weighted by Gasteiger charge is -2.42. The second-order valence-corrected chi connectivity index (χ2v) is 25.4. The standard InChI is InChI=1S/C72H52N2S2/c1-7-25-53(26-8-1)54-27-23-38-63(51-54)76(60-34-15-5-16-35-60,61-36-17-6-18-37-61)71-44-24-43-69-72(71)66-40-20-22-42-68(66)74(69)56-47-50-65-64-39-19-21-41-67(64)73(70(65)52-56)55-45-48-62(49-46-55)75(57-28-9-2-10-29-57,58-30-11-3-12-31-58)59-32-13-4-14-33-59/h1-52H. The van der Waals surface area contributed by atoms with Gasteiger partial charge in [-0.15, -0.1) is 20.1 Å². The second kappa shape index (κ2) is 19.0. The van der Waals surface area contributed by atoms with Gasteiger partial charge in [0.1, 0.15) is 0 Å². The first-order chi connectivity index (χ1) is 37.7. The van der Waals surface area contributed by atoms with Crippen LogP contribution in [0.1, 0.15) is 0 Å². The minimum absolute atomic E-state index is 1.11. The van der Waals surface area contributed by atoms with Crippen molar-refractivity contribution in [2.75, 3.05) is 0 Å². The van der Waals surface area contributed by atoms with Gasteiger partial charge in [-0.1, -0.05) is 182 Å². The lowest BCUT2D eigenvalue weighted by Crippen LogP contribution is -2.06. The summed E-state index contributed by atoms with van der Waals surface area (Å²) in [5.74, 6) is 0. The quantitative estimate of drug-likeness (QED) is 0.122. The van der Waals surface area contributed by atoms with Crippen LogP contribution in [0.2, 0.25) is 0 Å². The average molecular weight is 1010 g/mol. The van der Waals surface area contributed by atoms with Crippen LogP contribution < -0.4 is 0 Å². The van der Waals surface area contributed by atoms with E-state index >= 15 is 0 Å². The number of aromatic nitrogens is 2. The molecule has 362 valence electrons. The molecule has 0 aliphatic carbocycles. The van der Waals surface area contributed by atoms with Crippen molar-refractivity contribution in [2.45, 2.75) is 39.2 Å². The Kier molecular flexibility index (Phi) is 11.4. The Hall–Kier alpha value is -9.06. The molecule has 0 fully saturated rings. The van der Waals surface area contributed by atoms with Gasteiger partial charge in [0.25, 0.3) is 0 Å². The molecule has 0 unspecified atom stereocenters. The summed E-state index contributed by atoms with van der Waals surface area (Å²) in [6.07, 6.45) is 0. The number of benzene rings is 12. The summed E-state index contributed by atoms with van der Waals surface area (Å²) in [5.41, 5.74) is 9.33. The maximum Gasteiger partial charge on any atom is 0.0561 e. The van der Waals surface area contributed by atoms with E-state index in [1.807, 2.05) is 0 Å². The van der Waals surface area contributed by atoms with Gasteiger partial charge in [-0.05, 0) is 145 Å². The molecule has 14 aromatic rings. The average Bonchev–Trinajstić information content (AvgIpc) is 4.08. The van der Waals surface area contributed by atoms with E-state index in [9.17, 15) is 0 Å². The van der Waals surface area contributed by atoms with Crippen molar-refractivity contribution in [3.8, 4) is 22.5 Å². The first-order valence-corrected chi connectivity index (χ1v) is 29.2. The normalized spacial score (nSPS) is 12.4. The van der Waals surface area contributed by atoms with Crippen LogP contribution in [-0.4, -0.2) is 9.13 Å². The molecule has 0 amide bonds. The maximum atomic E-state index is 2.51. The van der Waals surface area contributed by atoms with E-state index in [-0.39, 0.29) is 0 Å². The molecule has 0 aliphatic rings. The van der Waals surface area contributed by atoms with Gasteiger partial charge in [0, 0.05) is 72.1 Å². The van der Waals surface area contributed by atoms with Gasteiger partial charge in [-0.25, -0.2) is 0 Å². The van der Waals surface area contributed by atoms with Gasteiger partial charge in [-0.2, -0.15) is 0 Å². The van der Waals surface area contributed by atoms with Gasteiger partial charge in [0.15, 0.2) is 0 Å². The van der Waals surface area contributed by atoms with Gasteiger partial charge < -0.3 is 9.13 Å². The molecule has 2 nitrogen and oxygen atoms in total. The molecule has 12 aromatic carbocycles. The first-order valence-electron chi connectivity index (χ1n) is 26.0. The Labute approximate surface area is 447 Å². The van der Waals surface area contributed by atoms with Crippen molar-refractivity contribution in [1.29, 1.82) is 0 Å². The molecule has 0 N–H and O–H groups in total. The topological polar surface area (TPSA) is 9.86 Å². The third-order valence-electron chi connectivity index (χ3n) is 15.1. The SMILES string of the molecule is c1ccc(-c2cccc(S(c3ccccc3)(c3ccccc3)c3cccc4c3c3ccccc3n4-c3ccc4c5ccccc5n(-c5ccc(S(c6ccccc6)(c6ccccc6)c6ccccc6)cc5)c4c3)c2)cc1. The van der Waals surface area contributed by atoms with E-state index in [1.54, 1.807) is 0 Å². The predicted octanol–water partition coefficient (Wildman–Crippen LogP) is 20.2. The summed E-state index contributed by atoms with van der Waals surface area (Å²) in [6.45, 7) is 0. The molecule has 0 aliphatic heterocycles. The lowest BCUT2D eigenvalue weighted by molar-refractivity contribution is 1.14. The van der Waals surface area contributed by atoms with E-state index in [2.05, 4.69) is 325 Å². The van der Waals surface area contributed by atoms with E-state index in [0.717, 1.165) is 16.9 Å². The molecule has 0 saturated heterocycles. The molecule has 0 saturated carbocycles. The number of hydrogen-bond acceptors (Lipinski definition) is 0. The third kappa shape index (κ3) is 7.21. The summed E-state index contributed by atoms with van der Waals surface area (Å²) >= 11 is 0. The number of nitrogens with zero attached hydrogens (tertiary/aromatic N) is 2. The van der Waals surface area contributed by atoms with Crippen molar-refractivity contribution in [2.24, 2.45) is 0 Å². The Morgan fingerprint density at radius 1 is 0.211 bits per heavy atom. The number of fused-ring (bicyclic) bond motifs is 6. The highest BCUT2D eigenvalue weighted by atomic mass is 32.3. The maximum absolute atomic E-state index is 2.51. The fourth-order valence-electron chi connectivity index (χ4n) is 11.9. The minimum atomic E-state index is -2.11. The third-order valence-corrected chi connectivity index (χ3v) is 23.0. The smallest absolute Gasteiger partial charge is 0.0561 e. The van der Waals surface area contributed by atoms with Crippen molar-refractivity contribution in [3.63, 3.8) is 0 Å². The molecule has 0 bridgehead atoms. The number of rotatable bonds is 11. The Balaban J connectivity index is 0.998. The molecule has 0 atom stereocenters. The zero-order valence-electron chi connectivity index (χ0n) is 41.7. The molecular formula is C72H52N2S2. The zero-order valence-corrected chi connectivity index (χ0v) is 43.4. The minimum Gasteiger partial charge on any atom is -0.309 e. The van der Waals surface area contributed by atoms with E-state index in [1.165, 1.54) is 88.4 Å². The van der Waals surface area contributed by atoms with Gasteiger partial charge in [-0.3, -0.25) is 0 Å². The molecule has 76 heavy (non-hydrogen) atoms. The van der Waals surface area contributed by atoms with Gasteiger partial charge >= 0.3 is 0 Å². The van der Waals surface area contributed by atoms with Gasteiger partial charge in [0.05, 0.1) is 22.1 Å². The molecular weight excluding hydrogens is 957 g/mol. The highest BCUT2D eigenvalue weighted by Crippen LogP contribution is 2.76. The van der Waals surface area contributed by atoms with Crippen molar-refractivity contribution < 1.29 is 0 Å². The summed E-state index contributed by atoms with van der Waals surface area (Å²) in [5, 5.41) is 4.95. The van der Waals surface area contributed by atoms with Crippen LogP contribution in [0.4, 0.5) is 0 Å². The fourth-order valence-corrected chi connectivity index (χ4v) is 19.9. The molecule has 14 rings (SSSR count). The Morgan fingerprint density at radius 2 is 0.592 bits per heavy atom. The number of para-hydroxylation sites is 2. The lowest BCUT2D eigenvalue weighted by atomic mass is 10.1. The Morgan fingerprint density at radius 3 is 1.16 bits per heavy atom. The summed E-state index contributed by atoms with van der Waals surface area (Å²) in [7, 11) is -3.96. The van der Waals surface area contributed by atoms with Crippen LogP contribution in [0, 0.1) is 0 Å². The molecule has 0 radical (unpaired) electrons. The monoisotopic (exact) mass is 1010 g/mol. The van der Waals surface area contributed by atoms with Crippen LogP contribution in [0.15, 0.2) is 355 Å². The highest BCUT2D eigenvalue weighted by molar-refractivity contribution is 8.34. The van der Waals surface area contributed by atoms with Crippen LogP contribution in [0.25, 0.3) is 66.1 Å². The zero-order chi connectivity index (χ0) is 50.5. The van der Waals surface area contributed by atoms with Crippen molar-refractivity contribution in [1.82, 2.24) is 9.13 Å². The molecule has 4 heteroatoms. The molecule has 2 aromatic heterocycles. The van der Waals surface area contributed by atoms with Crippen LogP contribution in [0.3, 0.4) is 0 Å². The van der Waals surface area contributed by atoms with Crippen LogP contribution in [0.5, 0.6) is 0 Å². The highest BCUT2D eigenvalue weighted by Gasteiger charge is 2.37. The largest absolute Gasteiger partial charge is 0.309 e. The summed E-state index contributed by atoms with van der Waals surface area (Å²) in [4.78, 5) is 10.4. The van der Waals surface area contributed by atoms with Crippen molar-refractivity contribution in [3.05, 3.63) is 315 Å². The first kappa shape index (κ1) is 45.5. The van der Waals surface area contributed by atoms with Gasteiger partial charge in [0.2, 0.25) is 0 Å². The van der Waals surface area contributed by atoms with Crippen LogP contribution in [-0.2, 0) is 0 Å². The molecule has 2 heterocycles. The van der Waals surface area contributed by atoms with E-state index in [0.29, 0.717) is 0 Å². The number of hydrogen-bond donors (Lipinski definition) is 0. The van der Waals surface area contributed by atoms with Crippen LogP contribution >= 0.6 is 20.1 Å². The van der Waals surface area contributed by atoms with Crippen molar-refractivity contribution >= 4 is 63.7 Å². The second-order valence-electron chi connectivity index (χ2n) is 19.2. The van der Waals surface area contributed by atoms with E-state index < -0.39 is 20.1 Å². The summed E-state index contributed by atoms with van der Waals surface area (Å²) in [6, 6.07) is 117. The Bertz CT molecular complexity index is 4230. The summed E-state index contributed by atoms with van der Waals surface area (Å²) < 4.78 is 4.98. The predicted molar refractivity (Wildman–Crippen MR) is 321 cm³/mol. The fraction of sp³-hybridized carbons (Fsp3) is 0. The molecule has 0 spiro atoms. The van der Waals surface area contributed by atoms with E-state index in [4.69, 9.17) is 0 Å².